The number of nitrogens with zero attached hydrogens (tertiary/aromatic N) is 7. The molecule has 3 aliphatic rings. The highest BCUT2D eigenvalue weighted by Gasteiger charge is 2.26. The Kier molecular flexibility index (Phi) is 10.9. The zero-order valence-electron chi connectivity index (χ0n) is 29.3. The molecule has 0 spiro atoms. The minimum atomic E-state index is -3.68. The molecule has 6 heterocycles. The Balaban J connectivity index is 1.10. The predicted molar refractivity (Wildman–Crippen MR) is 191 cm³/mol. The van der Waals surface area contributed by atoms with E-state index >= 15 is 4.39 Å². The fourth-order valence-corrected chi connectivity index (χ4v) is 6.87. The number of rotatable bonds is 11. The number of hydrogen-bond acceptors (Lipinski definition) is 15. The Hall–Kier alpha value is -4.98. The van der Waals surface area contributed by atoms with Gasteiger partial charge < -0.3 is 28.7 Å². The summed E-state index contributed by atoms with van der Waals surface area (Å²) >= 11 is 0. The van der Waals surface area contributed by atoms with E-state index in [-0.39, 0.29) is 29.0 Å². The number of hydroxylamine groups is 1. The number of benzene rings is 1. The van der Waals surface area contributed by atoms with E-state index in [2.05, 4.69) is 25.2 Å². The number of ether oxygens (including phenoxy) is 4. The van der Waals surface area contributed by atoms with Crippen LogP contribution in [-0.2, 0) is 24.3 Å². The molecule has 3 fully saturated rings. The van der Waals surface area contributed by atoms with Crippen molar-refractivity contribution in [3.8, 4) is 22.9 Å². The summed E-state index contributed by atoms with van der Waals surface area (Å²) in [5, 5.41) is 0.362. The highest BCUT2D eigenvalue weighted by atomic mass is 32.2. The maximum atomic E-state index is 15.4. The molecule has 3 aliphatic heterocycles. The fraction of sp³-hybridized carbons (Fsp3) is 0.471. The second-order valence-electron chi connectivity index (χ2n) is 12.8. The first-order valence-electron chi connectivity index (χ1n) is 17.3. The Morgan fingerprint density at radius 2 is 1.68 bits per heavy atom. The minimum Gasteiger partial charge on any atom is -0.488 e. The van der Waals surface area contributed by atoms with Crippen LogP contribution in [0.3, 0.4) is 0 Å². The van der Waals surface area contributed by atoms with Crippen LogP contribution in [0, 0.1) is 5.82 Å². The molecule has 2 N–H and O–H groups in total. The van der Waals surface area contributed by atoms with Crippen LogP contribution >= 0.6 is 0 Å². The van der Waals surface area contributed by atoms with Crippen molar-refractivity contribution in [2.75, 3.05) is 73.9 Å². The Morgan fingerprint density at radius 3 is 2.38 bits per heavy atom. The topological polar surface area (TPSA) is 192 Å². The number of fused-ring (bicyclic) bond motifs is 1. The number of methoxy groups -OCH3 is 1. The van der Waals surface area contributed by atoms with Gasteiger partial charge in [0.15, 0.2) is 6.29 Å². The first-order valence-corrected chi connectivity index (χ1v) is 19.2. The Bertz CT molecular complexity index is 2040. The van der Waals surface area contributed by atoms with Gasteiger partial charge in [-0.05, 0) is 25.0 Å². The van der Waals surface area contributed by atoms with Crippen LogP contribution in [0.1, 0.15) is 42.5 Å². The van der Waals surface area contributed by atoms with E-state index in [1.165, 1.54) is 37.8 Å². The highest BCUT2D eigenvalue weighted by Crippen LogP contribution is 2.37. The van der Waals surface area contributed by atoms with Gasteiger partial charge in [-0.3, -0.25) is 9.52 Å². The van der Waals surface area contributed by atoms with E-state index in [9.17, 15) is 13.2 Å². The molecule has 17 nitrogen and oxygen atoms in total. The number of nitrogens with one attached hydrogen (secondary N) is 2. The van der Waals surface area contributed by atoms with Gasteiger partial charge in [0.05, 0.1) is 37.8 Å². The summed E-state index contributed by atoms with van der Waals surface area (Å²) in [5.74, 6) is 0.156. The van der Waals surface area contributed by atoms with Crippen LogP contribution in [0.5, 0.6) is 11.6 Å². The molecule has 7 rings (SSSR count). The van der Waals surface area contributed by atoms with E-state index in [1.807, 2.05) is 9.80 Å². The van der Waals surface area contributed by atoms with Gasteiger partial charge in [0.1, 0.15) is 28.9 Å². The van der Waals surface area contributed by atoms with Crippen molar-refractivity contribution in [2.45, 2.75) is 44.5 Å². The van der Waals surface area contributed by atoms with Crippen molar-refractivity contribution in [3.63, 3.8) is 0 Å². The average Bonchev–Trinajstić information content (AvgIpc) is 3.17. The number of morpholine rings is 1. The fourth-order valence-electron chi connectivity index (χ4n) is 6.32. The second kappa shape index (κ2) is 15.9. The van der Waals surface area contributed by atoms with E-state index < -0.39 is 28.0 Å². The number of carbonyl (C=O) groups is 1. The number of pyridine rings is 1. The molecule has 0 radical (unpaired) electrons. The third-order valence-corrected chi connectivity index (χ3v) is 9.56. The maximum absolute atomic E-state index is 15.4. The van der Waals surface area contributed by atoms with Crippen molar-refractivity contribution in [1.29, 1.82) is 0 Å². The third kappa shape index (κ3) is 8.81. The molecule has 0 bridgehead atoms. The molecule has 53 heavy (non-hydrogen) atoms. The van der Waals surface area contributed by atoms with Crippen molar-refractivity contribution in [3.05, 3.63) is 48.2 Å². The number of anilines is 3. The van der Waals surface area contributed by atoms with Crippen molar-refractivity contribution in [2.24, 2.45) is 0 Å². The van der Waals surface area contributed by atoms with Crippen LogP contribution in [-0.4, -0.2) is 111 Å². The smallest absolute Gasteiger partial charge is 0.278 e. The highest BCUT2D eigenvalue weighted by molar-refractivity contribution is 7.92. The zero-order valence-corrected chi connectivity index (χ0v) is 30.1. The third-order valence-electron chi connectivity index (χ3n) is 8.97. The molecule has 19 heteroatoms. The first kappa shape index (κ1) is 36.4. The lowest BCUT2D eigenvalue weighted by atomic mass is 10.1. The normalized spacial score (nSPS) is 18.5. The summed E-state index contributed by atoms with van der Waals surface area (Å²) in [7, 11) is -2.30. The summed E-state index contributed by atoms with van der Waals surface area (Å²) in [5.41, 5.74) is 3.92. The van der Waals surface area contributed by atoms with Crippen LogP contribution in [0.25, 0.3) is 22.2 Å². The lowest BCUT2D eigenvalue weighted by Gasteiger charge is -2.32. The van der Waals surface area contributed by atoms with Gasteiger partial charge in [0.2, 0.25) is 27.8 Å². The Labute approximate surface area is 305 Å². The molecule has 1 unspecified atom stereocenters. The monoisotopic (exact) mass is 753 g/mol. The van der Waals surface area contributed by atoms with Crippen LogP contribution < -0.4 is 29.5 Å². The molecule has 3 aromatic heterocycles. The standard InChI is InChI=1S/C34H40FN9O8S/c1-48-32-26(42-53(2,46)47)15-21(18-36-32)29-25-16-23(35)17-27(30(25)40-34(39-29)44-10-13-49-14-11-44)51-24-6-8-43(9-7-24)33-37-19-22(20-38-33)31(45)41-52-28-5-3-4-12-50-28/h15-20,24,28,42H,3-14H2,1-2H3,(H,41,45). The van der Waals surface area contributed by atoms with Crippen molar-refractivity contribution >= 4 is 44.4 Å². The number of amides is 1. The summed E-state index contributed by atoms with van der Waals surface area (Å²) in [6.45, 7) is 3.76. The van der Waals surface area contributed by atoms with Crippen molar-refractivity contribution in [1.82, 2.24) is 30.4 Å². The lowest BCUT2D eigenvalue weighted by molar-refractivity contribution is -0.186. The number of aromatic nitrogens is 5. The largest absolute Gasteiger partial charge is 0.488 e. The van der Waals surface area contributed by atoms with Gasteiger partial charge in [0.25, 0.3) is 5.91 Å². The molecule has 1 atom stereocenters. The number of piperidine rings is 1. The molecule has 1 aromatic carbocycles. The van der Waals surface area contributed by atoms with Gasteiger partial charge in [0, 0.05) is 87.7 Å². The zero-order chi connectivity index (χ0) is 37.0. The van der Waals surface area contributed by atoms with E-state index in [4.69, 9.17) is 33.8 Å². The summed E-state index contributed by atoms with van der Waals surface area (Å²) in [6, 6.07) is 4.18. The second-order valence-corrected chi connectivity index (χ2v) is 14.6. The van der Waals surface area contributed by atoms with Gasteiger partial charge >= 0.3 is 0 Å². The molecule has 4 aromatic rings. The first-order chi connectivity index (χ1) is 25.6. The summed E-state index contributed by atoms with van der Waals surface area (Å²) in [4.78, 5) is 44.7. The molecule has 3 saturated heterocycles. The average molecular weight is 754 g/mol. The minimum absolute atomic E-state index is 0.0642. The lowest BCUT2D eigenvalue weighted by Crippen LogP contribution is -2.39. The number of carbonyl (C=O) groups excluding carboxylic acids is 1. The molecule has 0 saturated carbocycles. The molecule has 0 aliphatic carbocycles. The molecule has 1 amide bonds. The summed E-state index contributed by atoms with van der Waals surface area (Å²) in [6.07, 6.45) is 8.48. The Morgan fingerprint density at radius 1 is 0.925 bits per heavy atom. The van der Waals surface area contributed by atoms with Crippen LogP contribution in [0.2, 0.25) is 0 Å². The van der Waals surface area contributed by atoms with E-state index in [0.29, 0.717) is 99.3 Å². The molecular formula is C34H40FN9O8S. The van der Waals surface area contributed by atoms with Crippen LogP contribution in [0.4, 0.5) is 22.0 Å². The molecule has 282 valence electrons. The number of hydrogen-bond donors (Lipinski definition) is 2. The van der Waals surface area contributed by atoms with Gasteiger partial charge in [-0.2, -0.15) is 0 Å². The predicted octanol–water partition coefficient (Wildman–Crippen LogP) is 3.07. The number of halogens is 1. The van der Waals surface area contributed by atoms with Gasteiger partial charge in [-0.15, -0.1) is 0 Å². The quantitative estimate of drug-likeness (QED) is 0.212. The van der Waals surface area contributed by atoms with Crippen LogP contribution in [0.15, 0.2) is 36.8 Å². The summed E-state index contributed by atoms with van der Waals surface area (Å²) < 4.78 is 64.9. The van der Waals surface area contributed by atoms with Gasteiger partial charge in [-0.25, -0.2) is 48.0 Å². The maximum Gasteiger partial charge on any atom is 0.278 e. The van der Waals surface area contributed by atoms with E-state index in [1.54, 1.807) is 6.07 Å². The number of sulfonamides is 1. The van der Waals surface area contributed by atoms with Gasteiger partial charge in [-0.1, -0.05) is 0 Å². The molecular weight excluding hydrogens is 713 g/mol. The van der Waals surface area contributed by atoms with E-state index in [0.717, 1.165) is 19.1 Å². The SMILES string of the molecule is COc1ncc(-c2nc(N3CCOCC3)nc3c(OC4CCN(c5ncc(C(=O)NOC6CCCCO6)cn5)CC4)cc(F)cc23)cc1NS(C)(=O)=O. The van der Waals surface area contributed by atoms with Crippen molar-refractivity contribution < 1.29 is 41.4 Å².